The molecule has 2 heteroatoms. The average molecular weight is 216 g/mol. The molecule has 1 aliphatic rings. The topological polar surface area (TPSA) is 38.4 Å². The van der Waals surface area contributed by atoms with E-state index in [9.17, 15) is 0 Å². The van der Waals surface area contributed by atoms with Crippen molar-refractivity contribution in [3.05, 3.63) is 35.9 Å². The summed E-state index contributed by atoms with van der Waals surface area (Å²) in [4.78, 5) is 4.62. The lowest BCUT2D eigenvalue weighted by Crippen LogP contribution is -2.22. The van der Waals surface area contributed by atoms with Crippen LogP contribution in [0, 0.1) is 5.92 Å². The molecule has 1 aromatic carbocycles. The third-order valence-electron chi connectivity index (χ3n) is 3.40. The molecule has 2 N–H and O–H groups in total. The zero-order valence-electron chi connectivity index (χ0n) is 9.89. The average Bonchev–Trinajstić information content (AvgIpc) is 2.83. The SMILES string of the molecule is CC(N=C(N)C1CCCC1)c1ccccc1. The van der Waals surface area contributed by atoms with E-state index >= 15 is 0 Å². The molecule has 1 aromatic rings. The van der Waals surface area contributed by atoms with Crippen LogP contribution in [0.1, 0.15) is 44.2 Å². The lowest BCUT2D eigenvalue weighted by atomic mass is 10.1. The summed E-state index contributed by atoms with van der Waals surface area (Å²) in [6.45, 7) is 2.11. The monoisotopic (exact) mass is 216 g/mol. The third-order valence-corrected chi connectivity index (χ3v) is 3.40. The zero-order chi connectivity index (χ0) is 11.4. The maximum Gasteiger partial charge on any atom is 0.0975 e. The van der Waals surface area contributed by atoms with Gasteiger partial charge in [0.15, 0.2) is 0 Å². The number of rotatable bonds is 3. The van der Waals surface area contributed by atoms with E-state index in [0.717, 1.165) is 5.84 Å². The maximum atomic E-state index is 6.07. The van der Waals surface area contributed by atoms with E-state index in [-0.39, 0.29) is 6.04 Å². The van der Waals surface area contributed by atoms with Crippen molar-refractivity contribution < 1.29 is 0 Å². The molecule has 1 fully saturated rings. The van der Waals surface area contributed by atoms with Crippen LogP contribution in [0.25, 0.3) is 0 Å². The van der Waals surface area contributed by atoms with Crippen molar-refractivity contribution in [2.75, 3.05) is 0 Å². The van der Waals surface area contributed by atoms with Crippen molar-refractivity contribution in [2.24, 2.45) is 16.6 Å². The Hall–Kier alpha value is -1.31. The van der Waals surface area contributed by atoms with Crippen LogP contribution in [0.5, 0.6) is 0 Å². The van der Waals surface area contributed by atoms with Crippen LogP contribution in [-0.2, 0) is 0 Å². The minimum atomic E-state index is 0.182. The molecule has 1 aliphatic carbocycles. The Kier molecular flexibility index (Phi) is 3.60. The summed E-state index contributed by atoms with van der Waals surface area (Å²) in [6, 6.07) is 10.5. The molecule has 2 rings (SSSR count). The van der Waals surface area contributed by atoms with Gasteiger partial charge in [-0.25, -0.2) is 0 Å². The van der Waals surface area contributed by atoms with Crippen LogP contribution >= 0.6 is 0 Å². The molecule has 0 aliphatic heterocycles. The van der Waals surface area contributed by atoms with Crippen molar-refractivity contribution in [2.45, 2.75) is 38.6 Å². The highest BCUT2D eigenvalue weighted by molar-refractivity contribution is 5.83. The van der Waals surface area contributed by atoms with Crippen molar-refractivity contribution in [1.29, 1.82) is 0 Å². The Morgan fingerprint density at radius 3 is 2.50 bits per heavy atom. The minimum Gasteiger partial charge on any atom is -0.387 e. The quantitative estimate of drug-likeness (QED) is 0.611. The first-order chi connectivity index (χ1) is 7.77. The van der Waals surface area contributed by atoms with Gasteiger partial charge in [0.1, 0.15) is 0 Å². The Bertz CT molecular complexity index is 350. The summed E-state index contributed by atoms with van der Waals surface area (Å²) in [7, 11) is 0. The van der Waals surface area contributed by atoms with Gasteiger partial charge in [0.25, 0.3) is 0 Å². The molecular formula is C14H20N2. The summed E-state index contributed by atoms with van der Waals surface area (Å²) in [5.41, 5.74) is 7.31. The Balaban J connectivity index is 2.05. The van der Waals surface area contributed by atoms with Crippen molar-refractivity contribution in [1.82, 2.24) is 0 Å². The molecule has 0 saturated heterocycles. The molecule has 1 atom stereocenters. The highest BCUT2D eigenvalue weighted by Crippen LogP contribution is 2.26. The number of hydrogen-bond acceptors (Lipinski definition) is 1. The van der Waals surface area contributed by atoms with Gasteiger partial charge in [-0.15, -0.1) is 0 Å². The second-order valence-corrected chi connectivity index (χ2v) is 4.62. The molecule has 0 bridgehead atoms. The van der Waals surface area contributed by atoms with E-state index in [1.165, 1.54) is 31.2 Å². The smallest absolute Gasteiger partial charge is 0.0975 e. The van der Waals surface area contributed by atoms with Crippen LogP contribution in [0.3, 0.4) is 0 Å². The Labute approximate surface area is 97.6 Å². The lowest BCUT2D eigenvalue weighted by Gasteiger charge is -2.12. The number of nitrogens with two attached hydrogens (primary N) is 1. The summed E-state index contributed by atoms with van der Waals surface area (Å²) in [5.74, 6) is 1.39. The van der Waals surface area contributed by atoms with Gasteiger partial charge in [-0.1, -0.05) is 43.2 Å². The molecule has 1 saturated carbocycles. The van der Waals surface area contributed by atoms with Gasteiger partial charge < -0.3 is 5.73 Å². The second kappa shape index (κ2) is 5.15. The molecule has 0 aromatic heterocycles. The fourth-order valence-electron chi connectivity index (χ4n) is 2.36. The van der Waals surface area contributed by atoms with Crippen LogP contribution in [0.15, 0.2) is 35.3 Å². The van der Waals surface area contributed by atoms with Crippen molar-refractivity contribution >= 4 is 5.84 Å². The van der Waals surface area contributed by atoms with Gasteiger partial charge in [-0.3, -0.25) is 4.99 Å². The van der Waals surface area contributed by atoms with Crippen LogP contribution < -0.4 is 5.73 Å². The highest BCUT2D eigenvalue weighted by Gasteiger charge is 2.19. The standard InChI is InChI=1S/C14H20N2/c1-11(12-7-3-2-4-8-12)16-14(15)13-9-5-6-10-13/h2-4,7-8,11,13H,5-6,9-10H2,1H3,(H2,15,16). The van der Waals surface area contributed by atoms with E-state index in [2.05, 4.69) is 24.0 Å². The molecule has 86 valence electrons. The number of hydrogen-bond donors (Lipinski definition) is 1. The van der Waals surface area contributed by atoms with Gasteiger partial charge in [0.05, 0.1) is 11.9 Å². The molecule has 2 nitrogen and oxygen atoms in total. The number of amidine groups is 1. The van der Waals surface area contributed by atoms with Crippen LogP contribution in [-0.4, -0.2) is 5.84 Å². The van der Waals surface area contributed by atoms with Crippen molar-refractivity contribution in [3.8, 4) is 0 Å². The largest absolute Gasteiger partial charge is 0.387 e. The number of benzene rings is 1. The summed E-state index contributed by atoms with van der Waals surface area (Å²) in [6.07, 6.45) is 5.05. The predicted molar refractivity (Wildman–Crippen MR) is 68.4 cm³/mol. The fraction of sp³-hybridized carbons (Fsp3) is 0.500. The van der Waals surface area contributed by atoms with E-state index in [1.807, 2.05) is 18.2 Å². The Morgan fingerprint density at radius 2 is 1.88 bits per heavy atom. The first-order valence-corrected chi connectivity index (χ1v) is 6.15. The van der Waals surface area contributed by atoms with Crippen LogP contribution in [0.4, 0.5) is 0 Å². The fourth-order valence-corrected chi connectivity index (χ4v) is 2.36. The van der Waals surface area contributed by atoms with Gasteiger partial charge >= 0.3 is 0 Å². The second-order valence-electron chi connectivity index (χ2n) is 4.62. The predicted octanol–water partition coefficient (Wildman–Crippen LogP) is 3.30. The first-order valence-electron chi connectivity index (χ1n) is 6.15. The number of nitrogens with zero attached hydrogens (tertiary/aromatic N) is 1. The molecule has 16 heavy (non-hydrogen) atoms. The van der Waals surface area contributed by atoms with Crippen molar-refractivity contribution in [3.63, 3.8) is 0 Å². The molecule has 1 unspecified atom stereocenters. The van der Waals surface area contributed by atoms with Gasteiger partial charge in [-0.05, 0) is 25.3 Å². The van der Waals surface area contributed by atoms with Gasteiger partial charge in [0, 0.05) is 5.92 Å². The van der Waals surface area contributed by atoms with Gasteiger partial charge in [-0.2, -0.15) is 0 Å². The lowest BCUT2D eigenvalue weighted by molar-refractivity contribution is 0.699. The molecule has 0 radical (unpaired) electrons. The maximum absolute atomic E-state index is 6.07. The first kappa shape index (κ1) is 11.2. The summed E-state index contributed by atoms with van der Waals surface area (Å²) < 4.78 is 0. The van der Waals surface area contributed by atoms with E-state index in [0.29, 0.717) is 5.92 Å². The molecular weight excluding hydrogens is 196 g/mol. The van der Waals surface area contributed by atoms with E-state index < -0.39 is 0 Å². The summed E-state index contributed by atoms with van der Waals surface area (Å²) >= 11 is 0. The summed E-state index contributed by atoms with van der Waals surface area (Å²) in [5, 5.41) is 0. The highest BCUT2D eigenvalue weighted by atomic mass is 14.9. The Morgan fingerprint density at radius 1 is 1.25 bits per heavy atom. The zero-order valence-corrected chi connectivity index (χ0v) is 9.89. The van der Waals surface area contributed by atoms with Gasteiger partial charge in [0.2, 0.25) is 0 Å². The minimum absolute atomic E-state index is 0.182. The third kappa shape index (κ3) is 2.63. The van der Waals surface area contributed by atoms with Crippen LogP contribution in [0.2, 0.25) is 0 Å². The molecule has 0 amide bonds. The molecule has 0 spiro atoms. The van der Waals surface area contributed by atoms with E-state index in [4.69, 9.17) is 5.73 Å². The normalized spacial score (nSPS) is 19.9. The van der Waals surface area contributed by atoms with E-state index in [1.54, 1.807) is 0 Å². The molecule has 0 heterocycles. The number of aliphatic imine (C=N–C) groups is 1.